The minimum atomic E-state index is 0.0948. The van der Waals surface area contributed by atoms with Gasteiger partial charge in [-0.15, -0.1) is 10.2 Å². The lowest BCUT2D eigenvalue weighted by molar-refractivity contribution is 0.170. The second kappa shape index (κ2) is 5.90. The van der Waals surface area contributed by atoms with E-state index in [1.54, 1.807) is 7.11 Å². The van der Waals surface area contributed by atoms with E-state index in [2.05, 4.69) is 15.5 Å². The lowest BCUT2D eigenvalue weighted by Crippen LogP contribution is -2.26. The minimum absolute atomic E-state index is 0.0948. The molecule has 0 saturated carbocycles. The zero-order valence-electron chi connectivity index (χ0n) is 8.36. The summed E-state index contributed by atoms with van der Waals surface area (Å²) in [4.78, 5) is 0. The number of nitrogens with one attached hydrogen (secondary N) is 1. The van der Waals surface area contributed by atoms with E-state index in [0.717, 1.165) is 10.1 Å². The summed E-state index contributed by atoms with van der Waals surface area (Å²) in [5.41, 5.74) is 0. The number of aryl methyl sites for hydroxylation is 1. The van der Waals surface area contributed by atoms with Crippen LogP contribution in [0.4, 0.5) is 5.13 Å². The Morgan fingerprint density at radius 3 is 2.86 bits per heavy atom. The Labute approximate surface area is 87.1 Å². The number of rotatable bonds is 6. The summed E-state index contributed by atoms with van der Waals surface area (Å²) in [6.45, 7) is 2.60. The van der Waals surface area contributed by atoms with Crippen molar-refractivity contribution < 1.29 is 9.84 Å². The van der Waals surface area contributed by atoms with Gasteiger partial charge in [-0.25, -0.2) is 0 Å². The summed E-state index contributed by atoms with van der Waals surface area (Å²) in [5.74, 6) is 0. The van der Waals surface area contributed by atoms with Gasteiger partial charge < -0.3 is 15.2 Å². The molecule has 1 rings (SSSR count). The molecule has 0 radical (unpaired) electrons. The third-order valence-corrected chi connectivity index (χ3v) is 2.47. The Morgan fingerprint density at radius 1 is 1.57 bits per heavy atom. The lowest BCUT2D eigenvalue weighted by atomic mass is 10.2. The molecular weight excluding hydrogens is 202 g/mol. The van der Waals surface area contributed by atoms with Gasteiger partial charge in [-0.3, -0.25) is 0 Å². The topological polar surface area (TPSA) is 67.3 Å². The molecule has 80 valence electrons. The van der Waals surface area contributed by atoms with E-state index in [1.165, 1.54) is 11.3 Å². The number of nitrogens with zero attached hydrogens (tertiary/aromatic N) is 2. The smallest absolute Gasteiger partial charge is 0.205 e. The van der Waals surface area contributed by atoms with Gasteiger partial charge in [0.25, 0.3) is 0 Å². The standard InChI is InChI=1S/C8H15N3O2S/c1-6-10-11-8(14-6)9-7(3-4-12)5-13-2/h7,12H,3-5H2,1-2H3,(H,9,11). The molecule has 1 aromatic rings. The van der Waals surface area contributed by atoms with Crippen molar-refractivity contribution in [3.05, 3.63) is 5.01 Å². The molecule has 0 fully saturated rings. The number of hydrogen-bond acceptors (Lipinski definition) is 6. The second-order valence-electron chi connectivity index (χ2n) is 2.94. The van der Waals surface area contributed by atoms with Crippen molar-refractivity contribution in [1.29, 1.82) is 0 Å². The van der Waals surface area contributed by atoms with Crippen LogP contribution in [0.25, 0.3) is 0 Å². The molecule has 5 nitrogen and oxygen atoms in total. The van der Waals surface area contributed by atoms with Crippen LogP contribution in [-0.2, 0) is 4.74 Å². The normalized spacial score (nSPS) is 12.8. The summed E-state index contributed by atoms with van der Waals surface area (Å²) in [5, 5.41) is 21.5. The van der Waals surface area contributed by atoms with Crippen molar-refractivity contribution in [2.45, 2.75) is 19.4 Å². The van der Waals surface area contributed by atoms with Crippen LogP contribution in [0.2, 0.25) is 0 Å². The van der Waals surface area contributed by atoms with E-state index >= 15 is 0 Å². The number of hydrogen-bond donors (Lipinski definition) is 2. The predicted octanol–water partition coefficient (Wildman–Crippen LogP) is 0.656. The molecule has 1 heterocycles. The molecule has 0 spiro atoms. The van der Waals surface area contributed by atoms with Gasteiger partial charge in [0.05, 0.1) is 12.6 Å². The van der Waals surface area contributed by atoms with Crippen molar-refractivity contribution in [3.8, 4) is 0 Å². The quantitative estimate of drug-likeness (QED) is 0.732. The van der Waals surface area contributed by atoms with Gasteiger partial charge in [-0.1, -0.05) is 11.3 Å². The van der Waals surface area contributed by atoms with E-state index in [0.29, 0.717) is 13.0 Å². The van der Waals surface area contributed by atoms with Crippen molar-refractivity contribution in [2.75, 3.05) is 25.6 Å². The van der Waals surface area contributed by atoms with Gasteiger partial charge in [-0.05, 0) is 13.3 Å². The molecule has 14 heavy (non-hydrogen) atoms. The first-order valence-electron chi connectivity index (χ1n) is 4.42. The molecule has 6 heteroatoms. The number of methoxy groups -OCH3 is 1. The average Bonchev–Trinajstić information content (AvgIpc) is 2.52. The van der Waals surface area contributed by atoms with Crippen molar-refractivity contribution in [2.24, 2.45) is 0 Å². The second-order valence-corrected chi connectivity index (χ2v) is 4.12. The molecule has 0 amide bonds. The zero-order valence-corrected chi connectivity index (χ0v) is 9.17. The molecule has 0 aliphatic heterocycles. The first-order chi connectivity index (χ1) is 6.76. The fourth-order valence-corrected chi connectivity index (χ4v) is 1.75. The molecule has 0 saturated heterocycles. The number of aliphatic hydroxyl groups excluding tert-OH is 1. The fraction of sp³-hybridized carbons (Fsp3) is 0.750. The van der Waals surface area contributed by atoms with Gasteiger partial charge in [0.1, 0.15) is 5.01 Å². The molecule has 0 aliphatic carbocycles. The van der Waals surface area contributed by atoms with E-state index in [9.17, 15) is 0 Å². The first-order valence-corrected chi connectivity index (χ1v) is 5.24. The maximum absolute atomic E-state index is 8.82. The monoisotopic (exact) mass is 217 g/mol. The van der Waals surface area contributed by atoms with Crippen LogP contribution in [0, 0.1) is 6.92 Å². The van der Waals surface area contributed by atoms with Crippen LogP contribution >= 0.6 is 11.3 Å². The van der Waals surface area contributed by atoms with Crippen LogP contribution in [0.5, 0.6) is 0 Å². The lowest BCUT2D eigenvalue weighted by Gasteiger charge is -2.15. The van der Waals surface area contributed by atoms with Gasteiger partial charge in [-0.2, -0.15) is 0 Å². The summed E-state index contributed by atoms with van der Waals surface area (Å²) in [6.07, 6.45) is 0.645. The number of aromatic nitrogens is 2. The van der Waals surface area contributed by atoms with Crippen molar-refractivity contribution in [1.82, 2.24) is 10.2 Å². The number of anilines is 1. The Balaban J connectivity index is 2.46. The van der Waals surface area contributed by atoms with E-state index in [4.69, 9.17) is 9.84 Å². The molecular formula is C8H15N3O2S. The van der Waals surface area contributed by atoms with E-state index < -0.39 is 0 Å². The average molecular weight is 217 g/mol. The van der Waals surface area contributed by atoms with Crippen LogP contribution in [-0.4, -0.2) is 41.7 Å². The highest BCUT2D eigenvalue weighted by atomic mass is 32.1. The fourth-order valence-electron chi connectivity index (χ4n) is 1.08. The van der Waals surface area contributed by atoms with Gasteiger partial charge >= 0.3 is 0 Å². The highest BCUT2D eigenvalue weighted by Gasteiger charge is 2.09. The predicted molar refractivity (Wildman–Crippen MR) is 55.6 cm³/mol. The molecule has 0 bridgehead atoms. The molecule has 1 atom stereocenters. The number of ether oxygens (including phenoxy) is 1. The summed E-state index contributed by atoms with van der Waals surface area (Å²) >= 11 is 1.50. The van der Waals surface area contributed by atoms with E-state index in [1.807, 2.05) is 6.92 Å². The third-order valence-electron chi connectivity index (χ3n) is 1.70. The SMILES string of the molecule is COCC(CCO)Nc1nnc(C)s1. The maximum atomic E-state index is 8.82. The van der Waals surface area contributed by atoms with Crippen LogP contribution in [0.15, 0.2) is 0 Å². The molecule has 0 aliphatic rings. The highest BCUT2D eigenvalue weighted by molar-refractivity contribution is 7.15. The molecule has 1 aromatic heterocycles. The van der Waals surface area contributed by atoms with Gasteiger partial charge in [0.15, 0.2) is 0 Å². The third kappa shape index (κ3) is 3.57. The Morgan fingerprint density at radius 2 is 2.36 bits per heavy atom. The largest absolute Gasteiger partial charge is 0.396 e. The Kier molecular flexibility index (Phi) is 4.78. The Hall–Kier alpha value is -0.720. The van der Waals surface area contributed by atoms with Gasteiger partial charge in [0.2, 0.25) is 5.13 Å². The molecule has 1 unspecified atom stereocenters. The highest BCUT2D eigenvalue weighted by Crippen LogP contribution is 2.15. The minimum Gasteiger partial charge on any atom is -0.396 e. The molecule has 2 N–H and O–H groups in total. The van der Waals surface area contributed by atoms with E-state index in [-0.39, 0.29) is 12.6 Å². The van der Waals surface area contributed by atoms with Crippen molar-refractivity contribution in [3.63, 3.8) is 0 Å². The van der Waals surface area contributed by atoms with Crippen molar-refractivity contribution >= 4 is 16.5 Å². The van der Waals surface area contributed by atoms with Crippen LogP contribution in [0.1, 0.15) is 11.4 Å². The summed E-state index contributed by atoms with van der Waals surface area (Å²) in [7, 11) is 1.64. The number of aliphatic hydroxyl groups is 1. The summed E-state index contributed by atoms with van der Waals surface area (Å²) in [6, 6.07) is 0.0948. The molecule has 0 aromatic carbocycles. The Bertz CT molecular complexity index is 261. The van der Waals surface area contributed by atoms with Crippen LogP contribution < -0.4 is 5.32 Å². The maximum Gasteiger partial charge on any atom is 0.205 e. The first kappa shape index (κ1) is 11.4. The van der Waals surface area contributed by atoms with Gasteiger partial charge in [0, 0.05) is 13.7 Å². The van der Waals surface area contributed by atoms with Crippen LogP contribution in [0.3, 0.4) is 0 Å². The summed E-state index contributed by atoms with van der Waals surface area (Å²) < 4.78 is 5.02. The zero-order chi connectivity index (χ0) is 10.4.